The normalized spacial score (nSPS) is 26.1. The molecule has 2 heterocycles. The molecule has 17 heteroatoms. The fourth-order valence-electron chi connectivity index (χ4n) is 7.67. The van der Waals surface area contributed by atoms with Crippen molar-refractivity contribution in [3.05, 3.63) is 53.1 Å². The van der Waals surface area contributed by atoms with Gasteiger partial charge in [-0.25, -0.2) is 4.79 Å². The molecule has 0 aromatic heterocycles. The Labute approximate surface area is 370 Å². The molecular weight excluding hydrogens is 821 g/mol. The zero-order chi connectivity index (χ0) is 46.2. The van der Waals surface area contributed by atoms with E-state index in [1.54, 1.807) is 63.3 Å². The Morgan fingerprint density at radius 1 is 0.921 bits per heavy atom. The van der Waals surface area contributed by atoms with E-state index in [0.29, 0.717) is 24.0 Å². The van der Waals surface area contributed by atoms with Gasteiger partial charge in [0.15, 0.2) is 12.1 Å². The molecule has 2 saturated heterocycles. The van der Waals surface area contributed by atoms with Crippen LogP contribution in [0.15, 0.2) is 42.0 Å². The van der Waals surface area contributed by atoms with Gasteiger partial charge in [0.25, 0.3) is 0 Å². The van der Waals surface area contributed by atoms with Gasteiger partial charge in [0, 0.05) is 44.2 Å². The van der Waals surface area contributed by atoms with Crippen molar-refractivity contribution in [2.45, 2.75) is 178 Å². The molecule has 0 bridgehead atoms. The molecule has 7 N–H and O–H groups in total. The SMILES string of the molecule is CCCCCC1(CCCCC)O[C@@H]2[C@@H](C=C(C(=O)NCCC(=O)N[C@H](CO)CCC(=O)OC(C)(C)C)C[C@H]2OC(=O)c2ccc(C=CCO[C@H]3O[C@H](CO)[C@H](O)[C@H](O)[C@H]3O)cc2)O1. The van der Waals surface area contributed by atoms with Crippen LogP contribution in [0.1, 0.15) is 128 Å². The van der Waals surface area contributed by atoms with Gasteiger partial charge in [-0.3, -0.25) is 14.4 Å². The highest BCUT2D eigenvalue weighted by atomic mass is 16.8. The summed E-state index contributed by atoms with van der Waals surface area (Å²) in [6.07, 6.45) is 3.19. The molecule has 17 nitrogen and oxygen atoms in total. The van der Waals surface area contributed by atoms with Crippen LogP contribution in [0.5, 0.6) is 0 Å². The molecule has 2 fully saturated rings. The van der Waals surface area contributed by atoms with Crippen molar-refractivity contribution in [3.8, 4) is 0 Å². The van der Waals surface area contributed by atoms with Crippen molar-refractivity contribution in [1.82, 2.24) is 10.6 Å². The predicted octanol–water partition coefficient (Wildman–Crippen LogP) is 3.12. The standard InChI is InChI=1S/C46H70N2O15/c1-6-8-10-21-46(22-11-9-7-2)61-34-26-31(42(56)47-23-20-36(51)48-32(27-49)18-19-37(52)62-45(3,4)5)25-33(41(34)63-46)59-43(57)30-16-14-29(15-17-30)13-12-24-58-44-40(55)39(54)38(53)35(28-50)60-44/h12-17,26,32-35,38-41,44,49-50,53-55H,6-11,18-25,27-28H2,1-5H3,(H,47,56)(H,48,51)/t32-,33+,34+,35+,38-,39-,40+,41-,44-/m0/s1. The first-order valence-electron chi connectivity index (χ1n) is 22.4. The number of carbonyl (C=O) groups is 4. The van der Waals surface area contributed by atoms with Gasteiger partial charge in [-0.15, -0.1) is 0 Å². The highest BCUT2D eigenvalue weighted by molar-refractivity contribution is 5.94. The zero-order valence-electron chi connectivity index (χ0n) is 37.4. The largest absolute Gasteiger partial charge is 0.460 e. The van der Waals surface area contributed by atoms with E-state index in [1.165, 1.54) is 0 Å². The number of aliphatic hydroxyl groups is 5. The maximum Gasteiger partial charge on any atom is 0.338 e. The van der Waals surface area contributed by atoms with Crippen LogP contribution in [0.3, 0.4) is 0 Å². The maximum atomic E-state index is 13.7. The molecule has 354 valence electrons. The molecule has 1 aromatic carbocycles. The number of fused-ring (bicyclic) bond motifs is 1. The number of carbonyl (C=O) groups excluding carboxylic acids is 4. The Morgan fingerprint density at radius 2 is 1.60 bits per heavy atom. The van der Waals surface area contributed by atoms with Crippen molar-refractivity contribution >= 4 is 29.8 Å². The van der Waals surface area contributed by atoms with E-state index in [2.05, 4.69) is 24.5 Å². The number of rotatable bonds is 24. The number of hydrogen-bond acceptors (Lipinski definition) is 15. The molecule has 3 aliphatic rings. The molecular formula is C46H70N2O15. The molecule has 1 aliphatic carbocycles. The van der Waals surface area contributed by atoms with Crippen molar-refractivity contribution in [1.29, 1.82) is 0 Å². The number of nitrogens with one attached hydrogen (secondary N) is 2. The Balaban J connectivity index is 1.39. The molecule has 0 spiro atoms. The fourth-order valence-corrected chi connectivity index (χ4v) is 7.67. The van der Waals surface area contributed by atoms with Crippen LogP contribution in [0.25, 0.3) is 6.08 Å². The summed E-state index contributed by atoms with van der Waals surface area (Å²) in [5, 5.41) is 54.8. The molecule has 0 radical (unpaired) electrons. The number of benzene rings is 1. The lowest BCUT2D eigenvalue weighted by atomic mass is 9.91. The Kier molecular flexibility index (Phi) is 20.6. The second-order valence-electron chi connectivity index (χ2n) is 17.5. The smallest absolute Gasteiger partial charge is 0.338 e. The fraction of sp³-hybridized carbons (Fsp3) is 0.696. The summed E-state index contributed by atoms with van der Waals surface area (Å²) in [6.45, 7) is 8.53. The van der Waals surface area contributed by atoms with E-state index >= 15 is 0 Å². The second kappa shape index (κ2) is 25.1. The Hall–Kier alpha value is -3.78. The lowest BCUT2D eigenvalue weighted by Crippen LogP contribution is -2.59. The highest BCUT2D eigenvalue weighted by Crippen LogP contribution is 2.43. The van der Waals surface area contributed by atoms with Crippen molar-refractivity contribution in [3.63, 3.8) is 0 Å². The number of ether oxygens (including phenoxy) is 6. The minimum atomic E-state index is -1.55. The van der Waals surface area contributed by atoms with Gasteiger partial charge in [0.1, 0.15) is 48.3 Å². The summed E-state index contributed by atoms with van der Waals surface area (Å²) in [5.74, 6) is -2.83. The topological polar surface area (TPSA) is 249 Å². The minimum Gasteiger partial charge on any atom is -0.460 e. The van der Waals surface area contributed by atoms with Crippen molar-refractivity contribution < 1.29 is 73.1 Å². The van der Waals surface area contributed by atoms with Crippen LogP contribution in [-0.4, -0.2) is 142 Å². The van der Waals surface area contributed by atoms with Gasteiger partial charge in [0.2, 0.25) is 11.8 Å². The Morgan fingerprint density at radius 3 is 2.22 bits per heavy atom. The van der Waals surface area contributed by atoms with Crippen molar-refractivity contribution in [2.24, 2.45) is 0 Å². The van der Waals surface area contributed by atoms with Gasteiger partial charge in [-0.05, 0) is 63.8 Å². The van der Waals surface area contributed by atoms with Crippen molar-refractivity contribution in [2.75, 3.05) is 26.4 Å². The van der Waals surface area contributed by atoms with E-state index in [9.17, 15) is 44.7 Å². The number of unbranched alkanes of at least 4 members (excludes halogenated alkanes) is 4. The average Bonchev–Trinajstić information content (AvgIpc) is 3.62. The molecule has 4 rings (SSSR count). The van der Waals surface area contributed by atoms with E-state index < -0.39 is 96.8 Å². The minimum absolute atomic E-state index is 0.0131. The van der Waals surface area contributed by atoms with E-state index in [0.717, 1.165) is 38.5 Å². The maximum absolute atomic E-state index is 13.7. The summed E-state index contributed by atoms with van der Waals surface area (Å²) in [5.41, 5.74) is 0.648. The first-order valence-corrected chi connectivity index (χ1v) is 22.4. The highest BCUT2D eigenvalue weighted by Gasteiger charge is 2.52. The molecule has 63 heavy (non-hydrogen) atoms. The van der Waals surface area contributed by atoms with E-state index in [1.807, 2.05) is 0 Å². The molecule has 1 aromatic rings. The second-order valence-corrected chi connectivity index (χ2v) is 17.5. The van der Waals surface area contributed by atoms with Crippen LogP contribution < -0.4 is 10.6 Å². The zero-order valence-corrected chi connectivity index (χ0v) is 37.4. The van der Waals surface area contributed by atoms with Gasteiger partial charge >= 0.3 is 11.9 Å². The van der Waals surface area contributed by atoms with Crippen LogP contribution >= 0.6 is 0 Å². The Bertz CT molecular complexity index is 1670. The van der Waals surface area contributed by atoms with Gasteiger partial charge in [-0.1, -0.05) is 63.8 Å². The first kappa shape index (κ1) is 51.9. The van der Waals surface area contributed by atoms with Crippen LogP contribution in [0.2, 0.25) is 0 Å². The lowest BCUT2D eigenvalue weighted by Gasteiger charge is -2.39. The third-order valence-corrected chi connectivity index (χ3v) is 11.1. The van der Waals surface area contributed by atoms with Crippen LogP contribution in [-0.2, 0) is 42.8 Å². The average molecular weight is 891 g/mol. The number of amides is 2. The van der Waals surface area contributed by atoms with Gasteiger partial charge < -0.3 is 64.6 Å². The number of aliphatic hydroxyl groups excluding tert-OH is 5. The van der Waals surface area contributed by atoms with E-state index in [4.69, 9.17) is 28.4 Å². The number of esters is 2. The first-order chi connectivity index (χ1) is 30.0. The summed E-state index contributed by atoms with van der Waals surface area (Å²) in [7, 11) is 0. The van der Waals surface area contributed by atoms with E-state index in [-0.39, 0.29) is 51.0 Å². The number of hydrogen-bond donors (Lipinski definition) is 7. The third-order valence-electron chi connectivity index (χ3n) is 11.1. The van der Waals surface area contributed by atoms with Gasteiger partial charge in [-0.2, -0.15) is 0 Å². The monoisotopic (exact) mass is 890 g/mol. The molecule has 2 aliphatic heterocycles. The predicted molar refractivity (Wildman–Crippen MR) is 230 cm³/mol. The summed E-state index contributed by atoms with van der Waals surface area (Å²) >= 11 is 0. The summed E-state index contributed by atoms with van der Waals surface area (Å²) < 4.78 is 35.7. The molecule has 0 unspecified atom stereocenters. The summed E-state index contributed by atoms with van der Waals surface area (Å²) in [4.78, 5) is 52.2. The molecule has 9 atom stereocenters. The van der Waals surface area contributed by atoms with Gasteiger partial charge in [0.05, 0.1) is 31.4 Å². The molecule has 2 amide bonds. The summed E-state index contributed by atoms with van der Waals surface area (Å²) in [6, 6.07) is 5.93. The van der Waals surface area contributed by atoms with Crippen LogP contribution in [0.4, 0.5) is 0 Å². The quantitative estimate of drug-likeness (QED) is 0.0582. The third kappa shape index (κ3) is 16.0. The lowest BCUT2D eigenvalue weighted by molar-refractivity contribution is -0.298. The van der Waals surface area contributed by atoms with Crippen LogP contribution in [0, 0.1) is 0 Å². The molecule has 0 saturated carbocycles.